The number of aryl methyl sites for hydroxylation is 1. The van der Waals surface area contributed by atoms with E-state index in [0.29, 0.717) is 0 Å². The number of hydrogen-bond acceptors (Lipinski definition) is 5. The quantitative estimate of drug-likeness (QED) is 0.678. The number of thiazole rings is 1. The van der Waals surface area contributed by atoms with Crippen LogP contribution in [-0.2, 0) is 27.2 Å². The number of carboxylic acids is 1. The fourth-order valence-corrected chi connectivity index (χ4v) is 2.88. The van der Waals surface area contributed by atoms with Crippen molar-refractivity contribution in [3.8, 4) is 10.6 Å². The third-order valence-corrected chi connectivity index (χ3v) is 4.24. The van der Waals surface area contributed by atoms with Gasteiger partial charge in [0.2, 0.25) is 5.91 Å². The Morgan fingerprint density at radius 1 is 1.29 bits per heavy atom. The molecule has 0 aliphatic heterocycles. The Balaban J connectivity index is 1.80. The SMILES string of the molecule is CCc1ccc(-c2nc(CC(=O)NCCOCC(=O)O)cs2)cc1. The summed E-state index contributed by atoms with van der Waals surface area (Å²) in [5, 5.41) is 13.9. The molecule has 0 aliphatic rings. The number of hydrogen-bond donors (Lipinski definition) is 2. The summed E-state index contributed by atoms with van der Waals surface area (Å²) < 4.78 is 4.85. The van der Waals surface area contributed by atoms with E-state index in [1.807, 2.05) is 17.5 Å². The topological polar surface area (TPSA) is 88.5 Å². The highest BCUT2D eigenvalue weighted by molar-refractivity contribution is 7.13. The second-order valence-corrected chi connectivity index (χ2v) is 6.03. The molecule has 0 saturated carbocycles. The van der Waals surface area contributed by atoms with E-state index in [9.17, 15) is 9.59 Å². The number of carbonyl (C=O) groups excluding carboxylic acids is 1. The molecule has 1 aromatic carbocycles. The van der Waals surface area contributed by atoms with Crippen LogP contribution in [0.5, 0.6) is 0 Å². The Morgan fingerprint density at radius 3 is 2.71 bits per heavy atom. The molecule has 128 valence electrons. The van der Waals surface area contributed by atoms with Crippen molar-refractivity contribution in [2.24, 2.45) is 0 Å². The lowest BCUT2D eigenvalue weighted by Gasteiger charge is -2.04. The minimum Gasteiger partial charge on any atom is -0.480 e. The third-order valence-electron chi connectivity index (χ3n) is 3.30. The number of amides is 1. The first kappa shape index (κ1) is 18.1. The molecule has 0 unspecified atom stereocenters. The van der Waals surface area contributed by atoms with E-state index in [1.54, 1.807) is 0 Å². The van der Waals surface area contributed by atoms with Gasteiger partial charge in [0.05, 0.1) is 18.7 Å². The summed E-state index contributed by atoms with van der Waals surface area (Å²) in [6, 6.07) is 8.25. The molecule has 2 N–H and O–H groups in total. The van der Waals surface area contributed by atoms with Crippen LogP contribution < -0.4 is 5.32 Å². The largest absolute Gasteiger partial charge is 0.480 e. The zero-order chi connectivity index (χ0) is 17.4. The number of carboxylic acid groups (broad SMARTS) is 1. The predicted molar refractivity (Wildman–Crippen MR) is 92.1 cm³/mol. The van der Waals surface area contributed by atoms with Gasteiger partial charge < -0.3 is 15.2 Å². The van der Waals surface area contributed by atoms with Gasteiger partial charge in [-0.25, -0.2) is 9.78 Å². The minimum absolute atomic E-state index is 0.160. The molecule has 7 heteroatoms. The lowest BCUT2D eigenvalue weighted by Crippen LogP contribution is -2.29. The van der Waals surface area contributed by atoms with Crippen molar-refractivity contribution < 1.29 is 19.4 Å². The summed E-state index contributed by atoms with van der Waals surface area (Å²) in [6.07, 6.45) is 1.20. The van der Waals surface area contributed by atoms with Crippen LogP contribution in [-0.4, -0.2) is 41.7 Å². The number of nitrogens with zero attached hydrogens (tertiary/aromatic N) is 1. The summed E-state index contributed by atoms with van der Waals surface area (Å²) >= 11 is 1.51. The van der Waals surface area contributed by atoms with Crippen LogP contribution in [0.15, 0.2) is 29.6 Å². The minimum atomic E-state index is -1.02. The molecule has 1 amide bonds. The fraction of sp³-hybridized carbons (Fsp3) is 0.353. The van der Waals surface area contributed by atoms with E-state index < -0.39 is 5.97 Å². The first-order chi connectivity index (χ1) is 11.6. The van der Waals surface area contributed by atoms with Crippen LogP contribution in [0.2, 0.25) is 0 Å². The molecule has 0 fully saturated rings. The highest BCUT2D eigenvalue weighted by atomic mass is 32.1. The van der Waals surface area contributed by atoms with Crippen molar-refractivity contribution in [2.45, 2.75) is 19.8 Å². The zero-order valence-electron chi connectivity index (χ0n) is 13.4. The van der Waals surface area contributed by atoms with Gasteiger partial charge in [-0.3, -0.25) is 4.79 Å². The zero-order valence-corrected chi connectivity index (χ0v) is 14.3. The first-order valence-electron chi connectivity index (χ1n) is 7.68. The molecule has 0 bridgehead atoms. The molecule has 1 aromatic heterocycles. The predicted octanol–water partition coefficient (Wildman–Crippen LogP) is 2.13. The van der Waals surface area contributed by atoms with Gasteiger partial charge in [-0.1, -0.05) is 31.2 Å². The molecule has 0 spiro atoms. The molecule has 24 heavy (non-hydrogen) atoms. The van der Waals surface area contributed by atoms with E-state index in [2.05, 4.69) is 29.4 Å². The average Bonchev–Trinajstić information content (AvgIpc) is 3.02. The highest BCUT2D eigenvalue weighted by Crippen LogP contribution is 2.24. The van der Waals surface area contributed by atoms with Gasteiger partial charge in [0.25, 0.3) is 0 Å². The van der Waals surface area contributed by atoms with Gasteiger partial charge in [0.1, 0.15) is 11.6 Å². The summed E-state index contributed by atoms with van der Waals surface area (Å²) in [6.45, 7) is 2.20. The van der Waals surface area contributed by atoms with E-state index >= 15 is 0 Å². The number of benzene rings is 1. The Morgan fingerprint density at radius 2 is 2.04 bits per heavy atom. The van der Waals surface area contributed by atoms with Gasteiger partial charge in [-0.2, -0.15) is 0 Å². The first-order valence-corrected chi connectivity index (χ1v) is 8.56. The third kappa shape index (κ3) is 5.75. The van der Waals surface area contributed by atoms with E-state index in [1.165, 1.54) is 16.9 Å². The van der Waals surface area contributed by atoms with E-state index in [4.69, 9.17) is 9.84 Å². The van der Waals surface area contributed by atoms with Crippen LogP contribution in [0.1, 0.15) is 18.2 Å². The van der Waals surface area contributed by atoms with Crippen molar-refractivity contribution in [2.75, 3.05) is 19.8 Å². The van der Waals surface area contributed by atoms with Crippen LogP contribution in [0.4, 0.5) is 0 Å². The summed E-state index contributed by atoms with van der Waals surface area (Å²) in [7, 11) is 0. The fourth-order valence-electron chi connectivity index (χ4n) is 2.05. The second kappa shape index (κ2) is 9.14. The maximum absolute atomic E-state index is 11.8. The van der Waals surface area contributed by atoms with Crippen LogP contribution in [0, 0.1) is 0 Å². The van der Waals surface area contributed by atoms with Crippen LogP contribution in [0.25, 0.3) is 10.6 Å². The number of ether oxygens (including phenoxy) is 1. The maximum Gasteiger partial charge on any atom is 0.329 e. The lowest BCUT2D eigenvalue weighted by molar-refractivity contribution is -0.142. The van der Waals surface area contributed by atoms with Gasteiger partial charge >= 0.3 is 5.97 Å². The molecule has 0 radical (unpaired) electrons. The summed E-state index contributed by atoms with van der Waals surface area (Å²) in [5.74, 6) is -1.18. The van der Waals surface area contributed by atoms with Gasteiger partial charge in [-0.15, -0.1) is 11.3 Å². The Labute approximate surface area is 144 Å². The van der Waals surface area contributed by atoms with Gasteiger partial charge in [0, 0.05) is 17.5 Å². The highest BCUT2D eigenvalue weighted by Gasteiger charge is 2.09. The van der Waals surface area contributed by atoms with Crippen molar-refractivity contribution in [3.05, 3.63) is 40.9 Å². The monoisotopic (exact) mass is 348 g/mol. The van der Waals surface area contributed by atoms with Crippen molar-refractivity contribution in [1.82, 2.24) is 10.3 Å². The second-order valence-electron chi connectivity index (χ2n) is 5.17. The molecule has 0 saturated heterocycles. The summed E-state index contributed by atoms with van der Waals surface area (Å²) in [5.41, 5.74) is 3.05. The molecule has 2 aromatic rings. The molecule has 6 nitrogen and oxygen atoms in total. The van der Waals surface area contributed by atoms with E-state index in [-0.39, 0.29) is 32.1 Å². The molecular formula is C17H20N2O4S. The molecule has 2 rings (SSSR count). The molecule has 0 atom stereocenters. The Hall–Kier alpha value is -2.25. The van der Waals surface area contributed by atoms with Crippen LogP contribution >= 0.6 is 11.3 Å². The number of carbonyl (C=O) groups is 2. The Bertz CT molecular complexity index is 682. The Kier molecular flexibility index (Phi) is 6.89. The number of aliphatic carboxylic acids is 1. The normalized spacial score (nSPS) is 10.5. The number of rotatable bonds is 9. The lowest BCUT2D eigenvalue weighted by atomic mass is 10.1. The summed E-state index contributed by atoms with van der Waals surface area (Å²) in [4.78, 5) is 26.6. The number of aromatic nitrogens is 1. The van der Waals surface area contributed by atoms with E-state index in [0.717, 1.165) is 22.7 Å². The van der Waals surface area contributed by atoms with Gasteiger partial charge in [-0.05, 0) is 12.0 Å². The molecule has 1 heterocycles. The molecular weight excluding hydrogens is 328 g/mol. The average molecular weight is 348 g/mol. The standard InChI is InChI=1S/C17H20N2O4S/c1-2-12-3-5-13(6-4-12)17-19-14(11-24-17)9-15(20)18-7-8-23-10-16(21)22/h3-6,11H,2,7-10H2,1H3,(H,18,20)(H,21,22). The molecule has 0 aliphatic carbocycles. The smallest absolute Gasteiger partial charge is 0.329 e. The van der Waals surface area contributed by atoms with Gasteiger partial charge in [0.15, 0.2) is 0 Å². The van der Waals surface area contributed by atoms with Crippen molar-refractivity contribution >= 4 is 23.2 Å². The maximum atomic E-state index is 11.8. The van der Waals surface area contributed by atoms with Crippen molar-refractivity contribution in [3.63, 3.8) is 0 Å². The van der Waals surface area contributed by atoms with Crippen molar-refractivity contribution in [1.29, 1.82) is 0 Å². The number of nitrogens with one attached hydrogen (secondary N) is 1. The van der Waals surface area contributed by atoms with Crippen LogP contribution in [0.3, 0.4) is 0 Å².